The lowest BCUT2D eigenvalue weighted by atomic mass is 10.1. The number of rotatable bonds is 24. The first-order valence-corrected chi connectivity index (χ1v) is 15.9. The van der Waals surface area contributed by atoms with Crippen molar-refractivity contribution >= 4 is 32.6 Å². The van der Waals surface area contributed by atoms with Crippen LogP contribution in [0.4, 0.5) is 0 Å². The zero-order valence-corrected chi connectivity index (χ0v) is 23.9. The molecule has 0 saturated carbocycles. The molecule has 2 amide bonds. The molecule has 0 radical (unpaired) electrons. The fraction of sp³-hybridized carbons (Fsp3) is 0.913. The first-order valence-electron chi connectivity index (χ1n) is 13.2. The summed E-state index contributed by atoms with van der Waals surface area (Å²) in [6, 6.07) is 0. The normalized spacial score (nSPS) is 12.0. The zero-order chi connectivity index (χ0) is 28.2. The fourth-order valence-corrected chi connectivity index (χ4v) is 4.33. The molecule has 37 heavy (non-hydrogen) atoms. The van der Waals surface area contributed by atoms with Crippen LogP contribution in [-0.4, -0.2) is 86.9 Å². The summed E-state index contributed by atoms with van der Waals surface area (Å²) in [7, 11) is -9.26. The molecule has 2 N–H and O–H groups in total. The van der Waals surface area contributed by atoms with Crippen LogP contribution < -0.4 is 0 Å². The van der Waals surface area contributed by atoms with E-state index in [1.165, 1.54) is 9.80 Å². The van der Waals surface area contributed by atoms with Gasteiger partial charge in [-0.05, 0) is 19.3 Å². The summed E-state index contributed by atoms with van der Waals surface area (Å²) in [5.41, 5.74) is 0. The van der Waals surface area contributed by atoms with Crippen LogP contribution in [0.1, 0.15) is 97.3 Å². The third-order valence-corrected chi connectivity index (χ3v) is 6.67. The molecule has 0 rings (SSSR count). The summed E-state index contributed by atoms with van der Waals surface area (Å²) in [6.45, 7) is 3.71. The fourth-order valence-electron chi connectivity index (χ4n) is 3.76. The summed E-state index contributed by atoms with van der Waals surface area (Å²) in [5.74, 6) is -0.363. The molecule has 0 spiro atoms. The molecule has 0 aliphatic heterocycles. The average Bonchev–Trinajstić information content (AvgIpc) is 2.80. The predicted molar refractivity (Wildman–Crippen MR) is 140 cm³/mol. The van der Waals surface area contributed by atoms with Crippen LogP contribution in [0, 0.1) is 0 Å². The maximum atomic E-state index is 12.7. The minimum Gasteiger partial charge on any atom is -0.340 e. The Morgan fingerprint density at radius 2 is 0.919 bits per heavy atom. The van der Waals surface area contributed by atoms with Gasteiger partial charge in [0.15, 0.2) is 0 Å². The van der Waals surface area contributed by atoms with E-state index in [-0.39, 0.29) is 50.8 Å². The Kier molecular flexibility index (Phi) is 19.9. The highest BCUT2D eigenvalue weighted by molar-refractivity contribution is 7.81. The van der Waals surface area contributed by atoms with Crippen molar-refractivity contribution in [3.63, 3.8) is 0 Å². The van der Waals surface area contributed by atoms with Crippen molar-refractivity contribution in [2.75, 3.05) is 39.4 Å². The number of carbonyl (C=O) groups excluding carboxylic acids is 2. The summed E-state index contributed by atoms with van der Waals surface area (Å²) in [5, 5.41) is 0. The molecule has 0 saturated heterocycles. The van der Waals surface area contributed by atoms with Gasteiger partial charge in [0.25, 0.3) is 0 Å². The Morgan fingerprint density at radius 3 is 1.24 bits per heavy atom. The van der Waals surface area contributed by atoms with E-state index in [0.717, 1.165) is 51.4 Å². The first-order chi connectivity index (χ1) is 17.4. The molecule has 0 fully saturated rings. The van der Waals surface area contributed by atoms with Crippen LogP contribution in [-0.2, 0) is 38.8 Å². The van der Waals surface area contributed by atoms with Gasteiger partial charge in [0.2, 0.25) is 11.8 Å². The highest BCUT2D eigenvalue weighted by atomic mass is 32.3. The lowest BCUT2D eigenvalue weighted by Gasteiger charge is -2.26. The van der Waals surface area contributed by atoms with Crippen LogP contribution in [0.15, 0.2) is 0 Å². The Labute approximate surface area is 223 Å². The third-order valence-electron chi connectivity index (χ3n) is 5.74. The molecule has 12 nitrogen and oxygen atoms in total. The number of unbranched alkanes of at least 4 members (excludes halogenated alkanes) is 8. The van der Waals surface area contributed by atoms with E-state index in [2.05, 4.69) is 22.2 Å². The van der Waals surface area contributed by atoms with E-state index in [1.807, 2.05) is 0 Å². The summed E-state index contributed by atoms with van der Waals surface area (Å²) >= 11 is 0. The van der Waals surface area contributed by atoms with Gasteiger partial charge >= 0.3 is 20.8 Å². The molecular formula is C23H46N2O10S2. The molecule has 0 atom stereocenters. The minimum atomic E-state index is -4.63. The van der Waals surface area contributed by atoms with Crippen molar-refractivity contribution in [3.8, 4) is 0 Å². The number of hydrogen-bond acceptors (Lipinski definition) is 8. The van der Waals surface area contributed by atoms with Crippen molar-refractivity contribution in [3.05, 3.63) is 0 Å². The maximum Gasteiger partial charge on any atom is 0.397 e. The standard InChI is InChI=1S/C23H46N2O10S2/c1-3-5-7-9-11-14-22(26)24(18-20-34-36(28,29)30)16-13-17-25(19-21-35-37(31,32)33)23(27)15-12-10-8-6-4-2/h3-21H2,1-2H3,(H,28,29,30)(H,31,32,33). The van der Waals surface area contributed by atoms with E-state index in [9.17, 15) is 26.4 Å². The summed E-state index contributed by atoms with van der Waals surface area (Å²) in [4.78, 5) is 28.3. The van der Waals surface area contributed by atoms with Gasteiger partial charge < -0.3 is 9.80 Å². The molecule has 0 aromatic heterocycles. The van der Waals surface area contributed by atoms with Gasteiger partial charge in [-0.2, -0.15) is 16.8 Å². The quantitative estimate of drug-likeness (QED) is 0.129. The third kappa shape index (κ3) is 22.4. The molecule has 0 heterocycles. The first kappa shape index (κ1) is 35.7. The lowest BCUT2D eigenvalue weighted by molar-refractivity contribution is -0.132. The molecule has 0 unspecified atom stereocenters. The monoisotopic (exact) mass is 574 g/mol. The number of nitrogens with zero attached hydrogens (tertiary/aromatic N) is 2. The van der Waals surface area contributed by atoms with Crippen LogP contribution in [0.2, 0.25) is 0 Å². The van der Waals surface area contributed by atoms with Crippen molar-refractivity contribution in [2.45, 2.75) is 97.3 Å². The van der Waals surface area contributed by atoms with Crippen molar-refractivity contribution < 1.29 is 43.9 Å². The van der Waals surface area contributed by atoms with Gasteiger partial charge in [-0.15, -0.1) is 0 Å². The van der Waals surface area contributed by atoms with E-state index >= 15 is 0 Å². The van der Waals surface area contributed by atoms with Gasteiger partial charge in [-0.25, -0.2) is 8.37 Å². The Balaban J connectivity index is 4.98. The topological polar surface area (TPSA) is 168 Å². The van der Waals surface area contributed by atoms with Crippen LogP contribution in [0.5, 0.6) is 0 Å². The Morgan fingerprint density at radius 1 is 0.568 bits per heavy atom. The lowest BCUT2D eigenvalue weighted by Crippen LogP contribution is -2.39. The van der Waals surface area contributed by atoms with Crippen LogP contribution in [0.25, 0.3) is 0 Å². The highest BCUT2D eigenvalue weighted by Gasteiger charge is 2.18. The van der Waals surface area contributed by atoms with Gasteiger partial charge in [0.05, 0.1) is 13.2 Å². The summed E-state index contributed by atoms with van der Waals surface area (Å²) < 4.78 is 69.8. The van der Waals surface area contributed by atoms with Crippen LogP contribution in [0.3, 0.4) is 0 Å². The molecule has 0 aliphatic rings. The predicted octanol–water partition coefficient (Wildman–Crippen LogP) is 3.39. The van der Waals surface area contributed by atoms with Gasteiger partial charge in [0.1, 0.15) is 0 Å². The van der Waals surface area contributed by atoms with E-state index < -0.39 is 34.0 Å². The molecular weight excluding hydrogens is 528 g/mol. The number of amides is 2. The van der Waals surface area contributed by atoms with Gasteiger partial charge in [-0.1, -0.05) is 65.2 Å². The maximum absolute atomic E-state index is 12.7. The smallest absolute Gasteiger partial charge is 0.340 e. The Hall–Kier alpha value is -1.32. The van der Waals surface area contributed by atoms with E-state index in [1.54, 1.807) is 0 Å². The van der Waals surface area contributed by atoms with Crippen molar-refractivity contribution in [1.29, 1.82) is 0 Å². The van der Waals surface area contributed by atoms with Crippen molar-refractivity contribution in [1.82, 2.24) is 9.80 Å². The summed E-state index contributed by atoms with van der Waals surface area (Å²) in [6.07, 6.45) is 10.5. The minimum absolute atomic E-state index is 0.0508. The molecule has 0 bridgehead atoms. The molecule has 0 aromatic carbocycles. The number of hydrogen-bond donors (Lipinski definition) is 2. The van der Waals surface area contributed by atoms with E-state index in [4.69, 9.17) is 9.11 Å². The van der Waals surface area contributed by atoms with E-state index in [0.29, 0.717) is 19.3 Å². The molecule has 220 valence electrons. The molecule has 14 heteroatoms. The van der Waals surface area contributed by atoms with Crippen LogP contribution >= 0.6 is 0 Å². The zero-order valence-electron chi connectivity index (χ0n) is 22.3. The van der Waals surface area contributed by atoms with Gasteiger partial charge in [0, 0.05) is 39.0 Å². The highest BCUT2D eigenvalue weighted by Crippen LogP contribution is 2.10. The van der Waals surface area contributed by atoms with Gasteiger partial charge in [-0.3, -0.25) is 18.7 Å². The molecule has 0 aliphatic carbocycles. The largest absolute Gasteiger partial charge is 0.397 e. The second-order valence-electron chi connectivity index (χ2n) is 8.94. The Bertz CT molecular complexity index is 766. The van der Waals surface area contributed by atoms with Crippen molar-refractivity contribution in [2.24, 2.45) is 0 Å². The molecule has 0 aromatic rings. The number of carbonyl (C=O) groups is 2. The SMILES string of the molecule is CCCCCCCC(=O)N(CCCN(CCOS(=O)(=O)O)C(=O)CCCCCCC)CCOS(=O)(=O)O. The average molecular weight is 575 g/mol. The second-order valence-corrected chi connectivity index (χ2v) is 11.1. The second kappa shape index (κ2) is 20.6.